The van der Waals surface area contributed by atoms with Crippen molar-refractivity contribution in [2.75, 3.05) is 0 Å². The van der Waals surface area contributed by atoms with Crippen molar-refractivity contribution in [3.63, 3.8) is 0 Å². The number of amides is 4. The molecule has 1 heterocycles. The minimum Gasteiger partial charge on any atom is -0.619 e. The quantitative estimate of drug-likeness (QED) is 0.101. The minimum atomic E-state index is -1.46. The number of aryl methyl sites for hydroxylation is 1. The summed E-state index contributed by atoms with van der Waals surface area (Å²) in [7, 11) is 0. The molecule has 1 unspecified atom stereocenters. The highest BCUT2D eigenvalue weighted by Crippen LogP contribution is 2.15. The van der Waals surface area contributed by atoms with Gasteiger partial charge in [-0.3, -0.25) is 19.2 Å². The Hall–Kier alpha value is -4.91. The van der Waals surface area contributed by atoms with Crippen molar-refractivity contribution >= 4 is 23.6 Å². The molecule has 3 rings (SSSR count). The number of aliphatic hydroxyl groups is 1. The summed E-state index contributed by atoms with van der Waals surface area (Å²) in [6, 6.07) is 9.88. The Bertz CT molecular complexity index is 1570. The van der Waals surface area contributed by atoms with E-state index in [2.05, 4.69) is 21.3 Å². The second-order valence-electron chi connectivity index (χ2n) is 12.4. The molecule has 0 fully saturated rings. The summed E-state index contributed by atoms with van der Waals surface area (Å²) in [6.07, 6.45) is 2.27. The number of carbonyl (C=O) groups excluding carboxylic acids is 4. The Labute approximate surface area is 291 Å². The van der Waals surface area contributed by atoms with Crippen LogP contribution in [-0.4, -0.2) is 53.0 Å². The molecule has 0 aliphatic rings. The number of halogens is 2. The normalized spacial score (nSPS) is 14.1. The highest BCUT2D eigenvalue weighted by atomic mass is 19.1. The summed E-state index contributed by atoms with van der Waals surface area (Å²) in [6.45, 7) is 7.66. The Kier molecular flexibility index (Phi) is 15.3. The maximum absolute atomic E-state index is 14.1. The molecule has 11 nitrogen and oxygen atoms in total. The lowest BCUT2D eigenvalue weighted by molar-refractivity contribution is -0.605. The van der Waals surface area contributed by atoms with Gasteiger partial charge in [-0.2, -0.15) is 4.73 Å². The maximum atomic E-state index is 14.1. The first-order valence-corrected chi connectivity index (χ1v) is 16.9. The first-order valence-electron chi connectivity index (χ1n) is 16.9. The van der Waals surface area contributed by atoms with Gasteiger partial charge >= 0.3 is 0 Å². The summed E-state index contributed by atoms with van der Waals surface area (Å²) in [5, 5.41) is 33.4. The molecule has 0 bridgehead atoms. The molecule has 2 aromatic carbocycles. The van der Waals surface area contributed by atoms with E-state index >= 15 is 0 Å². The largest absolute Gasteiger partial charge is 0.619 e. The first-order chi connectivity index (χ1) is 23.8. The number of rotatable bonds is 18. The number of aromatic nitrogens is 1. The average Bonchev–Trinajstić information content (AvgIpc) is 3.08. The molecule has 0 saturated heterocycles. The number of hydrogen-bond acceptors (Lipinski definition) is 6. The van der Waals surface area contributed by atoms with Gasteiger partial charge in [0.2, 0.25) is 17.7 Å². The van der Waals surface area contributed by atoms with Gasteiger partial charge < -0.3 is 31.6 Å². The molecule has 50 heavy (non-hydrogen) atoms. The van der Waals surface area contributed by atoms with Gasteiger partial charge in [0.05, 0.1) is 24.1 Å². The average molecular weight is 696 g/mol. The van der Waals surface area contributed by atoms with Crippen molar-refractivity contribution in [1.29, 1.82) is 0 Å². The van der Waals surface area contributed by atoms with Crippen LogP contribution in [0.1, 0.15) is 80.4 Å². The number of hydrogen-bond donors (Lipinski definition) is 5. The molecule has 0 spiro atoms. The molecule has 4 amide bonds. The van der Waals surface area contributed by atoms with Crippen LogP contribution in [0.5, 0.6) is 0 Å². The van der Waals surface area contributed by atoms with E-state index in [4.69, 9.17) is 0 Å². The van der Waals surface area contributed by atoms with E-state index in [1.54, 1.807) is 13.8 Å². The molecule has 0 aliphatic heterocycles. The zero-order valence-electron chi connectivity index (χ0n) is 28.9. The lowest BCUT2D eigenvalue weighted by Gasteiger charge is -2.29. The van der Waals surface area contributed by atoms with Gasteiger partial charge in [-0.1, -0.05) is 64.8 Å². The lowest BCUT2D eigenvalue weighted by atomic mass is 9.96. The van der Waals surface area contributed by atoms with Crippen LogP contribution in [0, 0.1) is 22.8 Å². The fourth-order valence-electron chi connectivity index (χ4n) is 5.36. The SMILES string of the molecule is CCCC(NC(=O)[C@@H](NC(=O)c1cc[n+]([O-])cc1)[C@@H](C)CC)C(=O)N[C@@H](Cc1cc(F)cc(F)c1)[C@@H](O)CC(=O)NCc1ccc(CC)cc1. The number of nitrogens with zero attached hydrogens (tertiary/aromatic N) is 1. The number of pyridine rings is 1. The van der Waals surface area contributed by atoms with E-state index in [9.17, 15) is 38.3 Å². The molecule has 13 heteroatoms. The van der Waals surface area contributed by atoms with E-state index in [0.717, 1.165) is 42.1 Å². The van der Waals surface area contributed by atoms with Gasteiger partial charge in [0.1, 0.15) is 23.7 Å². The summed E-state index contributed by atoms with van der Waals surface area (Å²) >= 11 is 0. The Morgan fingerprint density at radius 2 is 1.46 bits per heavy atom. The van der Waals surface area contributed by atoms with E-state index in [0.29, 0.717) is 23.6 Å². The number of aliphatic hydroxyl groups excluding tert-OH is 1. The molecular formula is C37H47F2N5O6. The van der Waals surface area contributed by atoms with Crippen LogP contribution in [-0.2, 0) is 33.8 Å². The molecule has 0 saturated carbocycles. The topological polar surface area (TPSA) is 164 Å². The van der Waals surface area contributed by atoms with E-state index in [-0.39, 0.29) is 36.4 Å². The van der Waals surface area contributed by atoms with Crippen LogP contribution in [0.25, 0.3) is 0 Å². The summed E-state index contributed by atoms with van der Waals surface area (Å²) < 4.78 is 28.7. The van der Waals surface area contributed by atoms with Crippen molar-refractivity contribution in [1.82, 2.24) is 21.3 Å². The second-order valence-corrected chi connectivity index (χ2v) is 12.4. The Balaban J connectivity index is 1.76. The zero-order valence-corrected chi connectivity index (χ0v) is 28.9. The van der Waals surface area contributed by atoms with Crippen LogP contribution in [0.4, 0.5) is 8.78 Å². The van der Waals surface area contributed by atoms with E-state index < -0.39 is 65.9 Å². The van der Waals surface area contributed by atoms with Crippen LogP contribution >= 0.6 is 0 Å². The molecule has 270 valence electrons. The lowest BCUT2D eigenvalue weighted by Crippen LogP contribution is -2.57. The number of carbonyl (C=O) groups is 4. The summed E-state index contributed by atoms with van der Waals surface area (Å²) in [5.41, 5.74) is 2.31. The zero-order chi connectivity index (χ0) is 36.8. The smallest absolute Gasteiger partial charge is 0.252 e. The van der Waals surface area contributed by atoms with Gasteiger partial charge in [-0.25, -0.2) is 8.78 Å². The number of benzene rings is 2. The van der Waals surface area contributed by atoms with E-state index in [1.807, 2.05) is 38.1 Å². The predicted molar refractivity (Wildman–Crippen MR) is 183 cm³/mol. The van der Waals surface area contributed by atoms with Gasteiger partial charge in [-0.15, -0.1) is 0 Å². The molecular weight excluding hydrogens is 648 g/mol. The second kappa shape index (κ2) is 19.3. The summed E-state index contributed by atoms with van der Waals surface area (Å²) in [4.78, 5) is 53.0. The van der Waals surface area contributed by atoms with Crippen molar-refractivity contribution < 1.29 is 37.8 Å². The van der Waals surface area contributed by atoms with Gasteiger partial charge in [0.25, 0.3) is 5.91 Å². The molecule has 5 atom stereocenters. The van der Waals surface area contributed by atoms with Crippen LogP contribution in [0.15, 0.2) is 67.0 Å². The van der Waals surface area contributed by atoms with Crippen molar-refractivity contribution in [3.05, 3.63) is 106 Å². The highest BCUT2D eigenvalue weighted by Gasteiger charge is 2.32. The van der Waals surface area contributed by atoms with Gasteiger partial charge in [0.15, 0.2) is 12.4 Å². The van der Waals surface area contributed by atoms with Crippen molar-refractivity contribution in [3.8, 4) is 0 Å². The molecule has 0 radical (unpaired) electrons. The molecule has 5 N–H and O–H groups in total. The minimum absolute atomic E-state index is 0.141. The van der Waals surface area contributed by atoms with Gasteiger partial charge in [-0.05, 0) is 54.0 Å². The third-order valence-electron chi connectivity index (χ3n) is 8.54. The first kappa shape index (κ1) is 39.5. The maximum Gasteiger partial charge on any atom is 0.252 e. The molecule has 3 aromatic rings. The predicted octanol–water partition coefficient (Wildman–Crippen LogP) is 3.38. The standard InChI is InChI=1S/C37H47F2N5O6/c1-5-8-30(41-37(49)34(23(4)6-2)43-35(47)27-13-15-44(50)16-14-27)36(48)42-31(19-26-17-28(38)20-29(39)18-26)32(45)21-33(46)40-22-25-11-9-24(7-3)10-12-25/h9-18,20,23,30-32,34,45H,5-8,19,21-22H2,1-4H3,(H,40,46)(H,41,49)(H,42,48)(H,43,47)/t23-,30?,31-,32-,34-/m0/s1. The van der Waals surface area contributed by atoms with Crippen LogP contribution < -0.4 is 26.0 Å². The third kappa shape index (κ3) is 12.2. The van der Waals surface area contributed by atoms with Crippen molar-refractivity contribution in [2.45, 2.75) is 97.0 Å². The molecule has 0 aliphatic carbocycles. The van der Waals surface area contributed by atoms with E-state index in [1.165, 1.54) is 12.1 Å². The highest BCUT2D eigenvalue weighted by molar-refractivity contribution is 5.98. The monoisotopic (exact) mass is 695 g/mol. The van der Waals surface area contributed by atoms with Crippen LogP contribution in [0.2, 0.25) is 0 Å². The Morgan fingerprint density at radius 1 is 0.840 bits per heavy atom. The fraction of sp³-hybridized carbons (Fsp3) is 0.432. The Morgan fingerprint density at radius 3 is 2.04 bits per heavy atom. The third-order valence-corrected chi connectivity index (χ3v) is 8.54. The number of nitrogens with one attached hydrogen (secondary N) is 4. The fourth-order valence-corrected chi connectivity index (χ4v) is 5.36. The van der Waals surface area contributed by atoms with Crippen LogP contribution in [0.3, 0.4) is 0 Å². The van der Waals surface area contributed by atoms with Crippen molar-refractivity contribution in [2.24, 2.45) is 5.92 Å². The summed E-state index contributed by atoms with van der Waals surface area (Å²) in [5.74, 6) is -4.41. The van der Waals surface area contributed by atoms with Gasteiger partial charge in [0, 0.05) is 24.7 Å². The molecule has 1 aromatic heterocycles.